The third kappa shape index (κ3) is 3.73. The van der Waals surface area contributed by atoms with Crippen molar-refractivity contribution in [1.29, 1.82) is 0 Å². The predicted molar refractivity (Wildman–Crippen MR) is 131 cm³/mol. The van der Waals surface area contributed by atoms with Crippen molar-refractivity contribution in [3.63, 3.8) is 0 Å². The highest BCUT2D eigenvalue weighted by atomic mass is 35.5. The van der Waals surface area contributed by atoms with Crippen molar-refractivity contribution in [3.05, 3.63) is 88.9 Å². The lowest BCUT2D eigenvalue weighted by atomic mass is 10.2. The van der Waals surface area contributed by atoms with Crippen LogP contribution >= 0.6 is 11.6 Å². The Morgan fingerprint density at radius 3 is 2.24 bits per heavy atom. The second-order valence-corrected chi connectivity index (χ2v) is 9.85. The van der Waals surface area contributed by atoms with Gasteiger partial charge in [0, 0.05) is 5.02 Å². The fraction of sp³-hybridized carbons (Fsp3) is 0.0417. The number of sulfone groups is 1. The van der Waals surface area contributed by atoms with Crippen molar-refractivity contribution in [2.75, 3.05) is 5.73 Å². The molecule has 5 aromatic rings. The Morgan fingerprint density at radius 2 is 1.58 bits per heavy atom. The molecule has 0 amide bonds. The molecule has 0 fully saturated rings. The van der Waals surface area contributed by atoms with Crippen LogP contribution in [0.1, 0.15) is 11.1 Å². The van der Waals surface area contributed by atoms with E-state index in [1.54, 1.807) is 66.9 Å². The molecule has 5 rings (SSSR count). The number of para-hydroxylation sites is 2. The monoisotopic (exact) mass is 475 g/mol. The molecule has 164 valence electrons. The van der Waals surface area contributed by atoms with Gasteiger partial charge in [-0.1, -0.05) is 53.6 Å². The van der Waals surface area contributed by atoms with Crippen LogP contribution in [0.25, 0.3) is 22.2 Å². The predicted octanol–water partition coefficient (Wildman–Crippen LogP) is 4.84. The number of benzene rings is 3. The van der Waals surface area contributed by atoms with Crippen molar-refractivity contribution in [2.24, 2.45) is 5.10 Å². The van der Waals surface area contributed by atoms with Crippen LogP contribution in [0.3, 0.4) is 0 Å². The summed E-state index contributed by atoms with van der Waals surface area (Å²) in [5.41, 5.74) is 9.68. The van der Waals surface area contributed by atoms with Gasteiger partial charge < -0.3 is 5.73 Å². The van der Waals surface area contributed by atoms with Gasteiger partial charge in [0.05, 0.1) is 22.1 Å². The average Bonchev–Trinajstić information content (AvgIpc) is 3.08. The molecule has 2 aromatic heterocycles. The molecule has 0 saturated heterocycles. The summed E-state index contributed by atoms with van der Waals surface area (Å²) in [6.45, 7) is 1.89. The fourth-order valence-electron chi connectivity index (χ4n) is 3.51. The molecule has 3 aromatic carbocycles. The lowest BCUT2D eigenvalue weighted by Crippen LogP contribution is -2.06. The minimum absolute atomic E-state index is 0.0638. The first-order valence-corrected chi connectivity index (χ1v) is 11.9. The van der Waals surface area contributed by atoms with Crippen LogP contribution in [0.5, 0.6) is 0 Å². The highest BCUT2D eigenvalue weighted by Crippen LogP contribution is 2.35. The zero-order valence-corrected chi connectivity index (χ0v) is 19.0. The molecule has 0 unspecified atom stereocenters. The Labute approximate surface area is 195 Å². The first-order valence-electron chi connectivity index (χ1n) is 10.0. The lowest BCUT2D eigenvalue weighted by Gasteiger charge is -2.05. The molecule has 0 aliphatic rings. The van der Waals surface area contributed by atoms with E-state index in [0.29, 0.717) is 16.1 Å². The minimum Gasteiger partial charge on any atom is -0.382 e. The topological polar surface area (TPSA) is 103 Å². The van der Waals surface area contributed by atoms with Gasteiger partial charge in [-0.15, -0.1) is 0 Å². The maximum absolute atomic E-state index is 13.6. The molecule has 0 bridgehead atoms. The van der Waals surface area contributed by atoms with Crippen molar-refractivity contribution in [2.45, 2.75) is 16.7 Å². The van der Waals surface area contributed by atoms with Crippen LogP contribution in [0.15, 0.2) is 87.7 Å². The van der Waals surface area contributed by atoms with E-state index in [1.165, 1.54) is 4.68 Å². The van der Waals surface area contributed by atoms with Gasteiger partial charge in [-0.25, -0.2) is 18.4 Å². The van der Waals surface area contributed by atoms with E-state index < -0.39 is 9.84 Å². The fourth-order valence-corrected chi connectivity index (χ4v) is 5.12. The van der Waals surface area contributed by atoms with Crippen LogP contribution in [-0.4, -0.2) is 29.3 Å². The number of halogens is 1. The van der Waals surface area contributed by atoms with Crippen molar-refractivity contribution >= 4 is 55.7 Å². The standard InChI is InChI=1S/C24H18ClN5O2S/c1-15-6-12-18(13-7-15)33(31,32)22-21-24(29-20-5-3-2-4-19(20)28-21)30(23(22)26)27-14-16-8-10-17(25)11-9-16/h2-14H,26H2,1H3/b27-14+. The molecule has 0 atom stereocenters. The summed E-state index contributed by atoms with van der Waals surface area (Å²) in [5, 5.41) is 5.04. The molecule has 0 radical (unpaired) electrons. The summed E-state index contributed by atoms with van der Waals surface area (Å²) >= 11 is 5.95. The zero-order chi connectivity index (χ0) is 23.2. The average molecular weight is 476 g/mol. The number of hydrogen-bond acceptors (Lipinski definition) is 6. The van der Waals surface area contributed by atoms with Crippen LogP contribution < -0.4 is 5.73 Å². The zero-order valence-electron chi connectivity index (χ0n) is 17.5. The Balaban J connectivity index is 1.78. The molecule has 33 heavy (non-hydrogen) atoms. The van der Waals surface area contributed by atoms with Crippen molar-refractivity contribution in [3.8, 4) is 0 Å². The molecular weight excluding hydrogens is 458 g/mol. The Bertz CT molecular complexity index is 1640. The number of nitrogens with zero attached hydrogens (tertiary/aromatic N) is 4. The van der Waals surface area contributed by atoms with Crippen molar-refractivity contribution < 1.29 is 8.42 Å². The normalized spacial score (nSPS) is 12.2. The summed E-state index contributed by atoms with van der Waals surface area (Å²) in [5.74, 6) is -0.0638. The summed E-state index contributed by atoms with van der Waals surface area (Å²) in [6, 6.07) is 20.9. The highest BCUT2D eigenvalue weighted by molar-refractivity contribution is 7.92. The molecule has 7 nitrogen and oxygen atoms in total. The number of hydrogen-bond donors (Lipinski definition) is 1. The Morgan fingerprint density at radius 1 is 0.939 bits per heavy atom. The molecule has 0 aliphatic carbocycles. The van der Waals surface area contributed by atoms with Crippen molar-refractivity contribution in [1.82, 2.24) is 14.6 Å². The third-order valence-corrected chi connectivity index (χ3v) is 7.31. The summed E-state index contributed by atoms with van der Waals surface area (Å²) in [4.78, 5) is 9.23. The van der Waals surface area contributed by atoms with Gasteiger partial charge >= 0.3 is 0 Å². The number of rotatable bonds is 4. The van der Waals surface area contributed by atoms with Crippen LogP contribution in [0.2, 0.25) is 5.02 Å². The molecule has 0 spiro atoms. The lowest BCUT2D eigenvalue weighted by molar-refractivity contribution is 0.597. The van der Waals surface area contributed by atoms with E-state index in [1.807, 2.05) is 19.1 Å². The van der Waals surface area contributed by atoms with Gasteiger partial charge in [-0.05, 0) is 48.9 Å². The highest BCUT2D eigenvalue weighted by Gasteiger charge is 2.30. The largest absolute Gasteiger partial charge is 0.382 e. The first kappa shape index (κ1) is 21.1. The van der Waals surface area contributed by atoms with E-state index in [4.69, 9.17) is 17.3 Å². The van der Waals surface area contributed by atoms with E-state index in [2.05, 4.69) is 15.1 Å². The quantitative estimate of drug-likeness (QED) is 0.374. The Kier molecular flexibility index (Phi) is 5.11. The Hall–Kier alpha value is -3.75. The maximum atomic E-state index is 13.6. The number of nitrogen functional groups attached to an aromatic ring is 1. The first-order chi connectivity index (χ1) is 15.8. The number of anilines is 1. The van der Waals surface area contributed by atoms with E-state index in [9.17, 15) is 8.42 Å². The van der Waals surface area contributed by atoms with Crippen LogP contribution in [0.4, 0.5) is 5.82 Å². The number of fused-ring (bicyclic) bond motifs is 2. The maximum Gasteiger partial charge on any atom is 0.212 e. The summed E-state index contributed by atoms with van der Waals surface area (Å²) in [6.07, 6.45) is 1.56. The van der Waals surface area contributed by atoms with Gasteiger partial charge in [0.15, 0.2) is 5.65 Å². The van der Waals surface area contributed by atoms with E-state index in [0.717, 1.165) is 11.1 Å². The van der Waals surface area contributed by atoms with Crippen LogP contribution in [0, 0.1) is 6.92 Å². The van der Waals surface area contributed by atoms with Crippen LogP contribution in [-0.2, 0) is 9.84 Å². The third-order valence-electron chi connectivity index (χ3n) is 5.22. The van der Waals surface area contributed by atoms with Gasteiger partial charge in [0.2, 0.25) is 9.84 Å². The van der Waals surface area contributed by atoms with Gasteiger partial charge in [-0.3, -0.25) is 0 Å². The SMILES string of the molecule is Cc1ccc(S(=O)(=O)c2c(N)n(/N=C/c3ccc(Cl)cc3)c3nc4ccccc4nc23)cc1. The van der Waals surface area contributed by atoms with Gasteiger partial charge in [0.1, 0.15) is 16.2 Å². The molecule has 0 saturated carbocycles. The second-order valence-electron chi connectivity index (χ2n) is 7.52. The minimum atomic E-state index is -3.99. The number of nitrogens with two attached hydrogens (primary N) is 1. The number of aryl methyl sites for hydroxylation is 1. The smallest absolute Gasteiger partial charge is 0.212 e. The molecule has 9 heteroatoms. The molecule has 0 aliphatic heterocycles. The molecule has 2 N–H and O–H groups in total. The van der Waals surface area contributed by atoms with E-state index in [-0.39, 0.29) is 26.8 Å². The summed E-state index contributed by atoms with van der Waals surface area (Å²) in [7, 11) is -3.99. The van der Waals surface area contributed by atoms with E-state index >= 15 is 0 Å². The number of aromatic nitrogens is 3. The van der Waals surface area contributed by atoms with Gasteiger partial charge in [-0.2, -0.15) is 9.78 Å². The molecular formula is C24H18ClN5O2S. The summed E-state index contributed by atoms with van der Waals surface area (Å²) < 4.78 is 28.5. The van der Waals surface area contributed by atoms with Gasteiger partial charge in [0.25, 0.3) is 0 Å². The second kappa shape index (κ2) is 7.99. The molecule has 2 heterocycles.